The van der Waals surface area contributed by atoms with Crippen molar-refractivity contribution in [2.45, 2.75) is 12.8 Å². The Hall–Kier alpha value is -5.12. The highest BCUT2D eigenvalue weighted by molar-refractivity contribution is 5.88. The molecule has 0 spiro atoms. The van der Waals surface area contributed by atoms with E-state index in [0.29, 0.717) is 22.6 Å². The first-order chi connectivity index (χ1) is 19.4. The van der Waals surface area contributed by atoms with E-state index in [-0.39, 0.29) is 33.8 Å². The van der Waals surface area contributed by atoms with E-state index in [1.54, 1.807) is 0 Å². The summed E-state index contributed by atoms with van der Waals surface area (Å²) in [7, 11) is 2.83. The van der Waals surface area contributed by atoms with E-state index in [2.05, 4.69) is 19.9 Å². The quantitative estimate of drug-likeness (QED) is 0.289. The number of rotatable bonds is 4. The van der Waals surface area contributed by atoms with Crippen LogP contribution in [-0.2, 0) is 0 Å². The Kier molecular flexibility index (Phi) is 7.50. The minimum absolute atomic E-state index is 0.0443. The predicted molar refractivity (Wildman–Crippen MR) is 148 cm³/mol. The number of benzene rings is 3. The number of ether oxygens (including phenoxy) is 2. The van der Waals surface area contributed by atoms with Gasteiger partial charge in [0.05, 0.1) is 30.5 Å². The summed E-state index contributed by atoms with van der Waals surface area (Å²) in [6, 6.07) is 14.2. The van der Waals surface area contributed by atoms with E-state index in [0.717, 1.165) is 30.0 Å². The maximum atomic E-state index is 13.8. The van der Waals surface area contributed by atoms with E-state index in [1.165, 1.54) is 32.4 Å². The third-order valence-corrected chi connectivity index (χ3v) is 6.19. The number of aromatic hydroxyl groups is 1. The molecule has 0 bridgehead atoms. The second kappa shape index (κ2) is 11.3. The van der Waals surface area contributed by atoms with Crippen LogP contribution in [0.2, 0.25) is 0 Å². The van der Waals surface area contributed by atoms with E-state index in [1.807, 2.05) is 48.6 Å². The van der Waals surface area contributed by atoms with Crippen molar-refractivity contribution in [2.75, 3.05) is 14.2 Å². The summed E-state index contributed by atoms with van der Waals surface area (Å²) in [5.74, 6) is -0.279. The second-order valence-electron chi connectivity index (χ2n) is 8.77. The molecular formula is C30H24F2N4O4. The number of methoxy groups -OCH3 is 2. The summed E-state index contributed by atoms with van der Waals surface area (Å²) < 4.78 is 37.4. The zero-order valence-corrected chi connectivity index (χ0v) is 21.6. The molecule has 8 nitrogen and oxygen atoms in total. The van der Waals surface area contributed by atoms with Crippen molar-refractivity contribution in [3.63, 3.8) is 0 Å². The molecule has 10 heteroatoms. The van der Waals surface area contributed by atoms with Crippen molar-refractivity contribution in [1.29, 1.82) is 0 Å². The van der Waals surface area contributed by atoms with E-state index in [4.69, 9.17) is 9.47 Å². The van der Waals surface area contributed by atoms with Gasteiger partial charge in [-0.2, -0.15) is 4.98 Å². The fourth-order valence-corrected chi connectivity index (χ4v) is 4.31. The van der Waals surface area contributed by atoms with Gasteiger partial charge >= 0.3 is 0 Å². The number of nitrogens with one attached hydrogen (secondary N) is 1. The first kappa shape index (κ1) is 26.5. The summed E-state index contributed by atoms with van der Waals surface area (Å²) in [6.45, 7) is 0. The summed E-state index contributed by atoms with van der Waals surface area (Å²) >= 11 is 0. The smallest absolute Gasteiger partial charge is 0.259 e. The molecule has 202 valence electrons. The van der Waals surface area contributed by atoms with Crippen LogP contribution in [-0.4, -0.2) is 39.3 Å². The third kappa shape index (κ3) is 5.24. The van der Waals surface area contributed by atoms with Gasteiger partial charge < -0.3 is 19.6 Å². The maximum absolute atomic E-state index is 13.8. The highest BCUT2D eigenvalue weighted by Gasteiger charge is 2.16. The molecule has 2 heterocycles. The minimum Gasteiger partial charge on any atom is -0.504 e. The average molecular weight is 543 g/mol. The van der Waals surface area contributed by atoms with Crippen molar-refractivity contribution in [3.8, 4) is 28.8 Å². The lowest BCUT2D eigenvalue weighted by Gasteiger charge is -2.10. The standard InChI is InChI=1S/C15H12F2N2O.C15H12N2O3/c1-20-15-13-11(17)7-10(16)8-12(13)18-14(19-15)9-5-3-2-4-6-9;1-20-13-11(18)8-7-10-12(13)16-14(17-15(10)19)9-5-3-2-4-6-9/h3,5-8H,2,4H2,1H3;2-8,18H,1H3,(H,16,17,19). The van der Waals surface area contributed by atoms with Crippen LogP contribution in [0.5, 0.6) is 17.4 Å². The van der Waals surface area contributed by atoms with Crippen LogP contribution in [0, 0.1) is 11.6 Å². The van der Waals surface area contributed by atoms with Gasteiger partial charge in [-0.3, -0.25) is 4.79 Å². The maximum Gasteiger partial charge on any atom is 0.259 e. The molecule has 0 unspecified atom stereocenters. The van der Waals surface area contributed by atoms with Gasteiger partial charge in [0.2, 0.25) is 5.88 Å². The Morgan fingerprint density at radius 1 is 0.950 bits per heavy atom. The van der Waals surface area contributed by atoms with Crippen LogP contribution in [0.25, 0.3) is 38.8 Å². The van der Waals surface area contributed by atoms with Gasteiger partial charge in [0.1, 0.15) is 23.0 Å². The number of phenolic OH excluding ortho intramolecular Hbond substituents is 1. The van der Waals surface area contributed by atoms with Crippen LogP contribution in [0.1, 0.15) is 18.7 Å². The first-order valence-electron chi connectivity index (χ1n) is 12.3. The Labute approximate surface area is 227 Å². The van der Waals surface area contributed by atoms with E-state index in [9.17, 15) is 18.7 Å². The van der Waals surface area contributed by atoms with Crippen LogP contribution in [0.15, 0.2) is 77.6 Å². The van der Waals surface area contributed by atoms with E-state index < -0.39 is 11.6 Å². The van der Waals surface area contributed by atoms with Gasteiger partial charge in [0.15, 0.2) is 17.3 Å². The predicted octanol–water partition coefficient (Wildman–Crippen LogP) is 5.95. The molecular weight excluding hydrogens is 518 g/mol. The fourth-order valence-electron chi connectivity index (χ4n) is 4.31. The number of aromatic amines is 1. The van der Waals surface area contributed by atoms with Gasteiger partial charge in [0.25, 0.3) is 5.56 Å². The van der Waals surface area contributed by atoms with Crippen LogP contribution in [0.3, 0.4) is 0 Å². The molecule has 3 aromatic carbocycles. The Balaban J connectivity index is 0.000000161. The lowest BCUT2D eigenvalue weighted by Crippen LogP contribution is -2.10. The Bertz CT molecular complexity index is 1840. The molecule has 5 aromatic rings. The highest BCUT2D eigenvalue weighted by Crippen LogP contribution is 2.33. The van der Waals surface area contributed by atoms with Gasteiger partial charge in [-0.25, -0.2) is 18.7 Å². The number of halogens is 2. The molecule has 2 N–H and O–H groups in total. The molecule has 6 rings (SSSR count). The summed E-state index contributed by atoms with van der Waals surface area (Å²) in [5, 5.41) is 10.3. The molecule has 0 atom stereocenters. The average Bonchev–Trinajstić information content (AvgIpc) is 2.97. The molecule has 1 aliphatic carbocycles. The highest BCUT2D eigenvalue weighted by atomic mass is 19.1. The van der Waals surface area contributed by atoms with E-state index >= 15 is 0 Å². The monoisotopic (exact) mass is 542 g/mol. The molecule has 0 aliphatic heterocycles. The number of fused-ring (bicyclic) bond motifs is 2. The van der Waals surface area contributed by atoms with Crippen molar-refractivity contribution < 1.29 is 23.4 Å². The summed E-state index contributed by atoms with van der Waals surface area (Å²) in [4.78, 5) is 27.7. The summed E-state index contributed by atoms with van der Waals surface area (Å²) in [5.41, 5.74) is 1.89. The minimum atomic E-state index is -0.725. The number of hydrogen-bond acceptors (Lipinski definition) is 7. The largest absolute Gasteiger partial charge is 0.504 e. The normalized spacial score (nSPS) is 12.6. The van der Waals surface area contributed by atoms with Crippen molar-refractivity contribution in [3.05, 3.63) is 101 Å². The van der Waals surface area contributed by atoms with Crippen molar-refractivity contribution in [2.24, 2.45) is 0 Å². The number of H-pyrrole nitrogens is 1. The molecule has 0 saturated heterocycles. The topological polar surface area (TPSA) is 110 Å². The summed E-state index contributed by atoms with van der Waals surface area (Å²) in [6.07, 6.45) is 7.78. The second-order valence-corrected chi connectivity index (χ2v) is 8.77. The molecule has 40 heavy (non-hydrogen) atoms. The number of hydrogen-bond donors (Lipinski definition) is 2. The van der Waals surface area contributed by atoms with Crippen molar-refractivity contribution in [1.82, 2.24) is 19.9 Å². The number of nitrogens with zero attached hydrogens (tertiary/aromatic N) is 3. The number of allylic oxidation sites excluding steroid dienone is 4. The van der Waals surface area contributed by atoms with Gasteiger partial charge in [-0.15, -0.1) is 0 Å². The number of phenols is 1. The lowest BCUT2D eigenvalue weighted by atomic mass is 10.1. The molecule has 0 radical (unpaired) electrons. The van der Waals surface area contributed by atoms with Crippen LogP contribution >= 0.6 is 0 Å². The first-order valence-corrected chi connectivity index (χ1v) is 12.3. The lowest BCUT2D eigenvalue weighted by molar-refractivity contribution is 0.377. The van der Waals surface area contributed by atoms with Gasteiger partial charge in [-0.1, -0.05) is 48.6 Å². The zero-order valence-electron chi connectivity index (χ0n) is 21.6. The van der Waals surface area contributed by atoms with Gasteiger partial charge in [-0.05, 0) is 25.0 Å². The molecule has 2 aromatic heterocycles. The zero-order chi connectivity index (χ0) is 28.2. The van der Waals surface area contributed by atoms with Gasteiger partial charge in [0, 0.05) is 23.3 Å². The van der Waals surface area contributed by atoms with Crippen molar-refractivity contribution >= 4 is 27.4 Å². The van der Waals surface area contributed by atoms with Crippen LogP contribution in [0.4, 0.5) is 8.78 Å². The number of aromatic nitrogens is 4. The molecule has 1 aliphatic rings. The SMILES string of the molecule is COc1c(O)ccc2c(=O)[nH]c(-c3ccccc3)nc12.COc1nc(C2=CCCC=C2)nc2cc(F)cc(F)c12. The Morgan fingerprint density at radius 3 is 2.45 bits per heavy atom. The molecule has 0 amide bonds. The third-order valence-electron chi connectivity index (χ3n) is 6.19. The Morgan fingerprint density at radius 2 is 1.75 bits per heavy atom. The molecule has 0 saturated carbocycles. The fraction of sp³-hybridized carbons (Fsp3) is 0.133. The molecule has 0 fully saturated rings. The van der Waals surface area contributed by atoms with Crippen LogP contribution < -0.4 is 15.0 Å².